The van der Waals surface area contributed by atoms with E-state index in [2.05, 4.69) is 16.3 Å². The number of benzene rings is 1. The maximum atomic E-state index is 13.1. The Labute approximate surface area is 177 Å². The SMILES string of the molecule is NCC12CCCC(CN(Cc3cccc4c3CN(C3CCC(=O)NC3=O)C4=O)C1)C2. The fourth-order valence-electron chi connectivity index (χ4n) is 6.19. The molecule has 3 atom stereocenters. The van der Waals surface area contributed by atoms with Crippen molar-refractivity contribution in [1.29, 1.82) is 0 Å². The van der Waals surface area contributed by atoms with Crippen molar-refractivity contribution < 1.29 is 14.4 Å². The van der Waals surface area contributed by atoms with Gasteiger partial charge >= 0.3 is 0 Å². The van der Waals surface area contributed by atoms with Gasteiger partial charge in [-0.3, -0.25) is 24.6 Å². The van der Waals surface area contributed by atoms with E-state index in [4.69, 9.17) is 5.73 Å². The minimum Gasteiger partial charge on any atom is -0.330 e. The molecule has 7 heteroatoms. The highest BCUT2D eigenvalue weighted by atomic mass is 16.2. The van der Waals surface area contributed by atoms with Crippen LogP contribution >= 0.6 is 0 Å². The zero-order valence-electron chi connectivity index (χ0n) is 17.4. The number of carbonyl (C=O) groups excluding carboxylic acids is 3. The molecule has 5 rings (SSSR count). The maximum absolute atomic E-state index is 13.1. The van der Waals surface area contributed by atoms with Crippen LogP contribution in [0.25, 0.3) is 0 Å². The highest BCUT2D eigenvalue weighted by molar-refractivity contribution is 6.05. The first-order chi connectivity index (χ1) is 14.5. The Kier molecular flexibility index (Phi) is 4.90. The van der Waals surface area contributed by atoms with Gasteiger partial charge in [0, 0.05) is 38.2 Å². The number of amides is 3. The van der Waals surface area contributed by atoms with Crippen molar-refractivity contribution in [2.75, 3.05) is 19.6 Å². The molecule has 0 aromatic heterocycles. The van der Waals surface area contributed by atoms with Crippen molar-refractivity contribution in [3.63, 3.8) is 0 Å². The number of likely N-dealkylation sites (tertiary alicyclic amines) is 1. The van der Waals surface area contributed by atoms with Gasteiger partial charge in [-0.15, -0.1) is 0 Å². The molecular weight excluding hydrogens is 380 g/mol. The van der Waals surface area contributed by atoms with Crippen LogP contribution in [0, 0.1) is 11.3 Å². The average Bonchev–Trinajstić information content (AvgIpc) is 3.05. The first-order valence-electron chi connectivity index (χ1n) is 11.2. The lowest BCUT2D eigenvalue weighted by molar-refractivity contribution is -0.136. The van der Waals surface area contributed by atoms with Crippen LogP contribution in [0.2, 0.25) is 0 Å². The zero-order valence-corrected chi connectivity index (χ0v) is 17.4. The van der Waals surface area contributed by atoms with Gasteiger partial charge in [0.15, 0.2) is 0 Å². The third-order valence-electron chi connectivity index (χ3n) is 7.62. The number of hydrogen-bond acceptors (Lipinski definition) is 5. The van der Waals surface area contributed by atoms with Crippen LogP contribution in [-0.4, -0.2) is 53.2 Å². The molecule has 2 saturated heterocycles. The number of carbonyl (C=O) groups is 3. The minimum atomic E-state index is -0.565. The normalized spacial score (nSPS) is 31.6. The fourth-order valence-corrected chi connectivity index (χ4v) is 6.19. The molecule has 3 unspecified atom stereocenters. The molecule has 3 N–H and O–H groups in total. The average molecular weight is 411 g/mol. The third-order valence-corrected chi connectivity index (χ3v) is 7.62. The van der Waals surface area contributed by atoms with Crippen LogP contribution in [0.1, 0.15) is 60.0 Å². The van der Waals surface area contributed by atoms with Crippen molar-refractivity contribution in [1.82, 2.24) is 15.1 Å². The Morgan fingerprint density at radius 2 is 2.07 bits per heavy atom. The van der Waals surface area contributed by atoms with Crippen LogP contribution < -0.4 is 11.1 Å². The number of fused-ring (bicyclic) bond motifs is 3. The van der Waals surface area contributed by atoms with Gasteiger partial charge in [-0.1, -0.05) is 18.6 Å². The molecule has 2 bridgehead atoms. The number of piperidine rings is 2. The molecule has 1 saturated carbocycles. The van der Waals surface area contributed by atoms with E-state index in [1.54, 1.807) is 4.90 Å². The second-order valence-corrected chi connectivity index (χ2v) is 9.68. The lowest BCUT2D eigenvalue weighted by Gasteiger charge is -2.49. The molecule has 1 aromatic rings. The number of nitrogens with two attached hydrogens (primary N) is 1. The summed E-state index contributed by atoms with van der Waals surface area (Å²) in [6.07, 6.45) is 5.70. The highest BCUT2D eigenvalue weighted by Crippen LogP contribution is 2.44. The Bertz CT molecular complexity index is 900. The summed E-state index contributed by atoms with van der Waals surface area (Å²) >= 11 is 0. The first kappa shape index (κ1) is 19.7. The molecule has 3 amide bonds. The zero-order chi connectivity index (χ0) is 20.9. The standard InChI is InChI=1S/C23H30N4O3/c24-13-23-8-2-3-15(9-23)10-26(14-23)11-16-4-1-5-17-18(16)12-27(22(17)30)19-6-7-20(28)25-21(19)29/h1,4-5,15,19H,2-3,6-14,24H2,(H,25,28,29). The minimum absolute atomic E-state index is 0.102. The number of nitrogens with one attached hydrogen (secondary N) is 1. The molecule has 1 aliphatic carbocycles. The van der Waals surface area contributed by atoms with Crippen LogP contribution in [0.4, 0.5) is 0 Å². The Balaban J connectivity index is 1.36. The third kappa shape index (κ3) is 3.34. The van der Waals surface area contributed by atoms with E-state index in [1.807, 2.05) is 12.1 Å². The monoisotopic (exact) mass is 410 g/mol. The molecule has 160 valence electrons. The van der Waals surface area contributed by atoms with E-state index >= 15 is 0 Å². The molecule has 0 spiro atoms. The summed E-state index contributed by atoms with van der Waals surface area (Å²) in [4.78, 5) is 41.0. The molecule has 1 aromatic carbocycles. The summed E-state index contributed by atoms with van der Waals surface area (Å²) in [6, 6.07) is 5.35. The topological polar surface area (TPSA) is 95.7 Å². The Morgan fingerprint density at radius 1 is 1.20 bits per heavy atom. The van der Waals surface area contributed by atoms with E-state index in [9.17, 15) is 14.4 Å². The van der Waals surface area contributed by atoms with Gasteiger partial charge in [-0.25, -0.2) is 0 Å². The summed E-state index contributed by atoms with van der Waals surface area (Å²) in [5.74, 6) is -0.00187. The van der Waals surface area contributed by atoms with Gasteiger partial charge in [0.1, 0.15) is 6.04 Å². The van der Waals surface area contributed by atoms with Crippen LogP contribution in [0.3, 0.4) is 0 Å². The van der Waals surface area contributed by atoms with E-state index < -0.39 is 6.04 Å². The number of rotatable bonds is 4. The van der Waals surface area contributed by atoms with Gasteiger partial charge in [0.2, 0.25) is 11.8 Å². The lowest BCUT2D eigenvalue weighted by Crippen LogP contribution is -2.52. The quantitative estimate of drug-likeness (QED) is 0.732. The largest absolute Gasteiger partial charge is 0.330 e. The maximum Gasteiger partial charge on any atom is 0.255 e. The highest BCUT2D eigenvalue weighted by Gasteiger charge is 2.43. The number of hydrogen-bond donors (Lipinski definition) is 2. The van der Waals surface area contributed by atoms with E-state index in [0.717, 1.165) is 37.7 Å². The molecule has 3 fully saturated rings. The Hall–Kier alpha value is -2.25. The number of imide groups is 1. The molecule has 7 nitrogen and oxygen atoms in total. The summed E-state index contributed by atoms with van der Waals surface area (Å²) in [7, 11) is 0. The van der Waals surface area contributed by atoms with Gasteiger partial charge in [0.25, 0.3) is 5.91 Å². The summed E-state index contributed by atoms with van der Waals surface area (Å²) in [5, 5.41) is 2.38. The second-order valence-electron chi connectivity index (χ2n) is 9.68. The summed E-state index contributed by atoms with van der Waals surface area (Å²) in [5.41, 5.74) is 9.33. The number of nitrogens with zero attached hydrogens (tertiary/aromatic N) is 2. The van der Waals surface area contributed by atoms with Crippen LogP contribution in [0.5, 0.6) is 0 Å². The Morgan fingerprint density at radius 3 is 2.87 bits per heavy atom. The molecule has 3 heterocycles. The predicted molar refractivity (Wildman–Crippen MR) is 111 cm³/mol. The van der Waals surface area contributed by atoms with Crippen molar-refractivity contribution in [3.8, 4) is 0 Å². The molecule has 0 radical (unpaired) electrons. The van der Waals surface area contributed by atoms with Crippen LogP contribution in [-0.2, 0) is 22.7 Å². The predicted octanol–water partition coefficient (Wildman–Crippen LogP) is 1.40. The van der Waals surface area contributed by atoms with Crippen molar-refractivity contribution >= 4 is 17.7 Å². The molecular formula is C23H30N4O3. The van der Waals surface area contributed by atoms with E-state index in [1.165, 1.54) is 31.2 Å². The second kappa shape index (κ2) is 7.46. The smallest absolute Gasteiger partial charge is 0.255 e. The van der Waals surface area contributed by atoms with Crippen molar-refractivity contribution in [2.45, 2.75) is 57.7 Å². The van der Waals surface area contributed by atoms with Crippen LogP contribution in [0.15, 0.2) is 18.2 Å². The van der Waals surface area contributed by atoms with Gasteiger partial charge in [-0.2, -0.15) is 0 Å². The fraction of sp³-hybridized carbons (Fsp3) is 0.609. The molecule has 4 aliphatic rings. The van der Waals surface area contributed by atoms with Gasteiger partial charge < -0.3 is 10.6 Å². The van der Waals surface area contributed by atoms with Gasteiger partial charge in [0.05, 0.1) is 0 Å². The van der Waals surface area contributed by atoms with Gasteiger partial charge in [-0.05, 0) is 60.8 Å². The summed E-state index contributed by atoms with van der Waals surface area (Å²) in [6.45, 7) is 4.12. The van der Waals surface area contributed by atoms with E-state index in [0.29, 0.717) is 18.5 Å². The molecule has 3 aliphatic heterocycles. The lowest BCUT2D eigenvalue weighted by atomic mass is 9.66. The molecule has 30 heavy (non-hydrogen) atoms. The van der Waals surface area contributed by atoms with Crippen molar-refractivity contribution in [3.05, 3.63) is 34.9 Å². The van der Waals surface area contributed by atoms with E-state index in [-0.39, 0.29) is 29.6 Å². The first-order valence-corrected chi connectivity index (χ1v) is 11.2. The summed E-state index contributed by atoms with van der Waals surface area (Å²) < 4.78 is 0. The van der Waals surface area contributed by atoms with Crippen molar-refractivity contribution in [2.24, 2.45) is 17.1 Å².